The number of nitrogens with zero attached hydrogens (tertiary/aromatic N) is 2. The van der Waals surface area contributed by atoms with Crippen LogP contribution in [0.3, 0.4) is 0 Å². The monoisotopic (exact) mass is 292 g/mol. The molecule has 1 aromatic heterocycles. The molecule has 1 aromatic carbocycles. The molecule has 2 fully saturated rings. The maximum Gasteiger partial charge on any atom is 0.255 e. The number of amides is 1. The van der Waals surface area contributed by atoms with Crippen LogP contribution in [-0.2, 0) is 0 Å². The predicted octanol–water partition coefficient (Wildman–Crippen LogP) is 3.76. The Labute approximate surface area is 131 Å². The van der Waals surface area contributed by atoms with E-state index in [1.165, 1.54) is 19.3 Å². The van der Waals surface area contributed by atoms with Crippen molar-refractivity contribution >= 4 is 5.91 Å². The Morgan fingerprint density at radius 1 is 1.05 bits per heavy atom. The molecule has 22 heavy (non-hydrogen) atoms. The van der Waals surface area contributed by atoms with E-state index in [1.54, 1.807) is 6.20 Å². The molecule has 2 aliphatic rings. The molecule has 0 unspecified atom stereocenters. The quantitative estimate of drug-likeness (QED) is 0.844. The lowest BCUT2D eigenvalue weighted by molar-refractivity contribution is 0.0654. The molecule has 3 nitrogen and oxygen atoms in total. The second-order valence-electron chi connectivity index (χ2n) is 6.66. The third-order valence-corrected chi connectivity index (χ3v) is 5.00. The van der Waals surface area contributed by atoms with E-state index in [0.717, 1.165) is 30.6 Å². The molecule has 1 spiro atoms. The number of hydrogen-bond acceptors (Lipinski definition) is 2. The smallest absolute Gasteiger partial charge is 0.255 e. The Kier molecular flexibility index (Phi) is 3.21. The van der Waals surface area contributed by atoms with E-state index in [1.807, 2.05) is 47.5 Å². The lowest BCUT2D eigenvalue weighted by atomic mass is 9.94. The van der Waals surface area contributed by atoms with Crippen molar-refractivity contribution in [1.82, 2.24) is 9.88 Å². The Balaban J connectivity index is 1.58. The summed E-state index contributed by atoms with van der Waals surface area (Å²) >= 11 is 0. The summed E-state index contributed by atoms with van der Waals surface area (Å²) in [6.45, 7) is 1.82. The number of piperidine rings is 1. The Morgan fingerprint density at radius 2 is 1.86 bits per heavy atom. The van der Waals surface area contributed by atoms with E-state index in [4.69, 9.17) is 0 Å². The van der Waals surface area contributed by atoms with E-state index in [0.29, 0.717) is 11.0 Å². The number of aromatic nitrogens is 1. The van der Waals surface area contributed by atoms with Crippen molar-refractivity contribution in [3.8, 4) is 11.1 Å². The van der Waals surface area contributed by atoms with Crippen molar-refractivity contribution in [2.24, 2.45) is 5.41 Å². The van der Waals surface area contributed by atoms with Crippen LogP contribution in [0.15, 0.2) is 48.8 Å². The average Bonchev–Trinajstić information content (AvgIpc) is 3.33. The van der Waals surface area contributed by atoms with Gasteiger partial charge in [0.25, 0.3) is 5.91 Å². The van der Waals surface area contributed by atoms with Gasteiger partial charge >= 0.3 is 0 Å². The fraction of sp³-hybridized carbons (Fsp3) is 0.368. The molecule has 2 heterocycles. The SMILES string of the molecule is O=C(c1cncc(-c2ccccc2)c1)N1CCCC2(CC2)C1. The van der Waals surface area contributed by atoms with Crippen LogP contribution in [-0.4, -0.2) is 28.9 Å². The highest BCUT2D eigenvalue weighted by Crippen LogP contribution is 2.52. The van der Waals surface area contributed by atoms with Gasteiger partial charge in [-0.2, -0.15) is 0 Å². The molecule has 3 heteroatoms. The minimum Gasteiger partial charge on any atom is -0.338 e. The second-order valence-corrected chi connectivity index (χ2v) is 6.66. The molecule has 2 aromatic rings. The zero-order chi connectivity index (χ0) is 15.0. The first kappa shape index (κ1) is 13.5. The fourth-order valence-corrected chi connectivity index (χ4v) is 3.49. The number of pyridine rings is 1. The van der Waals surface area contributed by atoms with E-state index in [-0.39, 0.29) is 5.91 Å². The van der Waals surface area contributed by atoms with Crippen molar-refractivity contribution in [3.63, 3.8) is 0 Å². The molecule has 1 aliphatic carbocycles. The van der Waals surface area contributed by atoms with Crippen molar-refractivity contribution in [2.45, 2.75) is 25.7 Å². The largest absolute Gasteiger partial charge is 0.338 e. The zero-order valence-electron chi connectivity index (χ0n) is 12.7. The van der Waals surface area contributed by atoms with Gasteiger partial charge < -0.3 is 4.90 Å². The first-order valence-electron chi connectivity index (χ1n) is 8.06. The van der Waals surface area contributed by atoms with Gasteiger partial charge in [0.2, 0.25) is 0 Å². The summed E-state index contributed by atoms with van der Waals surface area (Å²) in [4.78, 5) is 19.1. The summed E-state index contributed by atoms with van der Waals surface area (Å²) in [6.07, 6.45) is 8.53. The van der Waals surface area contributed by atoms with Crippen LogP contribution in [0.1, 0.15) is 36.0 Å². The molecular formula is C19H20N2O. The minimum absolute atomic E-state index is 0.135. The molecule has 1 amide bonds. The fourth-order valence-electron chi connectivity index (χ4n) is 3.49. The summed E-state index contributed by atoms with van der Waals surface area (Å²) < 4.78 is 0. The molecule has 4 rings (SSSR count). The normalized spacial score (nSPS) is 19.2. The first-order chi connectivity index (χ1) is 10.8. The summed E-state index contributed by atoms with van der Waals surface area (Å²) in [5.41, 5.74) is 3.27. The molecule has 0 atom stereocenters. The summed E-state index contributed by atoms with van der Waals surface area (Å²) in [5, 5.41) is 0. The number of benzene rings is 1. The van der Waals surface area contributed by atoms with Gasteiger partial charge in [-0.15, -0.1) is 0 Å². The average molecular weight is 292 g/mol. The highest BCUT2D eigenvalue weighted by Gasteiger charge is 2.46. The highest BCUT2D eigenvalue weighted by atomic mass is 16.2. The summed E-state index contributed by atoms with van der Waals surface area (Å²) in [5.74, 6) is 0.135. The minimum atomic E-state index is 0.135. The Morgan fingerprint density at radius 3 is 2.64 bits per heavy atom. The van der Waals surface area contributed by atoms with Crippen LogP contribution in [0.2, 0.25) is 0 Å². The van der Waals surface area contributed by atoms with Crippen LogP contribution in [0.4, 0.5) is 0 Å². The predicted molar refractivity (Wildman–Crippen MR) is 86.5 cm³/mol. The number of carbonyl (C=O) groups excluding carboxylic acids is 1. The molecule has 0 N–H and O–H groups in total. The lowest BCUT2D eigenvalue weighted by Gasteiger charge is -2.33. The zero-order valence-corrected chi connectivity index (χ0v) is 12.7. The van der Waals surface area contributed by atoms with E-state index in [2.05, 4.69) is 4.98 Å². The molecule has 0 bridgehead atoms. The summed E-state index contributed by atoms with van der Waals surface area (Å²) in [6, 6.07) is 12.1. The number of likely N-dealkylation sites (tertiary alicyclic amines) is 1. The molecule has 112 valence electrons. The van der Waals surface area contributed by atoms with Crippen molar-refractivity contribution < 1.29 is 4.79 Å². The molecule has 1 saturated heterocycles. The van der Waals surface area contributed by atoms with Crippen LogP contribution in [0.25, 0.3) is 11.1 Å². The van der Waals surface area contributed by atoms with Gasteiger partial charge in [-0.05, 0) is 42.7 Å². The van der Waals surface area contributed by atoms with Gasteiger partial charge in [0, 0.05) is 31.0 Å². The van der Waals surface area contributed by atoms with Crippen LogP contribution in [0.5, 0.6) is 0 Å². The molecule has 1 aliphatic heterocycles. The highest BCUT2D eigenvalue weighted by molar-refractivity contribution is 5.95. The van der Waals surface area contributed by atoms with Crippen molar-refractivity contribution in [1.29, 1.82) is 0 Å². The van der Waals surface area contributed by atoms with Gasteiger partial charge in [-0.1, -0.05) is 30.3 Å². The third-order valence-electron chi connectivity index (χ3n) is 5.00. The Hall–Kier alpha value is -2.16. The van der Waals surface area contributed by atoms with Gasteiger partial charge in [-0.25, -0.2) is 0 Å². The van der Waals surface area contributed by atoms with E-state index in [9.17, 15) is 4.79 Å². The molecule has 0 radical (unpaired) electrons. The standard InChI is InChI=1S/C19H20N2O/c22-18(21-10-4-7-19(14-21)8-9-19)17-11-16(12-20-13-17)15-5-2-1-3-6-15/h1-3,5-6,11-13H,4,7-10,14H2. The molecular weight excluding hydrogens is 272 g/mol. The Bertz CT molecular complexity index is 692. The van der Waals surface area contributed by atoms with Crippen LogP contribution < -0.4 is 0 Å². The summed E-state index contributed by atoms with van der Waals surface area (Å²) in [7, 11) is 0. The van der Waals surface area contributed by atoms with Gasteiger partial charge in [0.1, 0.15) is 0 Å². The maximum atomic E-state index is 12.8. The van der Waals surface area contributed by atoms with E-state index < -0.39 is 0 Å². The maximum absolute atomic E-state index is 12.8. The number of rotatable bonds is 2. The lowest BCUT2D eigenvalue weighted by Crippen LogP contribution is -2.40. The van der Waals surface area contributed by atoms with Gasteiger partial charge in [0.15, 0.2) is 0 Å². The first-order valence-corrected chi connectivity index (χ1v) is 8.06. The topological polar surface area (TPSA) is 33.2 Å². The van der Waals surface area contributed by atoms with Crippen molar-refractivity contribution in [3.05, 3.63) is 54.4 Å². The van der Waals surface area contributed by atoms with Gasteiger partial charge in [-0.3, -0.25) is 9.78 Å². The second kappa shape index (κ2) is 5.24. The van der Waals surface area contributed by atoms with Crippen LogP contribution in [0, 0.1) is 5.41 Å². The number of hydrogen-bond donors (Lipinski definition) is 0. The van der Waals surface area contributed by atoms with Gasteiger partial charge in [0.05, 0.1) is 5.56 Å². The van der Waals surface area contributed by atoms with Crippen LogP contribution >= 0.6 is 0 Å². The molecule has 1 saturated carbocycles. The third kappa shape index (κ3) is 2.52. The van der Waals surface area contributed by atoms with E-state index >= 15 is 0 Å². The van der Waals surface area contributed by atoms with Crippen molar-refractivity contribution in [2.75, 3.05) is 13.1 Å². The number of carbonyl (C=O) groups is 1.